The Morgan fingerprint density at radius 1 is 1.10 bits per heavy atom. The Labute approximate surface area is 177 Å². The standard InChI is InChI=1S/C21H25ClN2O4S/c1-16(2)20(24-29(26,27)15-12-17-6-4-3-5-7-17)21(25)23-13-14-28-19-10-8-18(22)9-11-19/h3-12,15-16,20,24H,13-14H2,1-2H3,(H,23,25)/b15-12+. The van der Waals surface area contributed by atoms with Crippen molar-refractivity contribution in [3.63, 3.8) is 0 Å². The molecule has 1 amide bonds. The largest absolute Gasteiger partial charge is 0.492 e. The summed E-state index contributed by atoms with van der Waals surface area (Å²) < 4.78 is 32.7. The quantitative estimate of drug-likeness (QED) is 0.558. The van der Waals surface area contributed by atoms with Crippen LogP contribution in [0.3, 0.4) is 0 Å². The van der Waals surface area contributed by atoms with Crippen molar-refractivity contribution in [1.82, 2.24) is 10.0 Å². The van der Waals surface area contributed by atoms with Crippen LogP contribution < -0.4 is 14.8 Å². The van der Waals surface area contributed by atoms with E-state index in [1.165, 1.54) is 6.08 Å². The number of rotatable bonds is 10. The predicted octanol–water partition coefficient (Wildman–Crippen LogP) is 3.45. The third-order valence-electron chi connectivity index (χ3n) is 3.96. The number of carbonyl (C=O) groups excluding carboxylic acids is 1. The van der Waals surface area contributed by atoms with Crippen LogP contribution in [0.2, 0.25) is 5.02 Å². The average molecular weight is 437 g/mol. The number of halogens is 1. The number of nitrogens with one attached hydrogen (secondary N) is 2. The van der Waals surface area contributed by atoms with Gasteiger partial charge in [0.2, 0.25) is 15.9 Å². The molecule has 156 valence electrons. The summed E-state index contributed by atoms with van der Waals surface area (Å²) in [4.78, 5) is 12.5. The Morgan fingerprint density at radius 2 is 1.76 bits per heavy atom. The molecule has 0 aliphatic carbocycles. The summed E-state index contributed by atoms with van der Waals surface area (Å²) in [6, 6.07) is 15.0. The average Bonchev–Trinajstić information content (AvgIpc) is 2.70. The lowest BCUT2D eigenvalue weighted by Crippen LogP contribution is -2.49. The van der Waals surface area contributed by atoms with E-state index in [9.17, 15) is 13.2 Å². The van der Waals surface area contributed by atoms with Crippen LogP contribution in [0.1, 0.15) is 19.4 Å². The third-order valence-corrected chi connectivity index (χ3v) is 5.29. The van der Waals surface area contributed by atoms with Crippen molar-refractivity contribution >= 4 is 33.6 Å². The van der Waals surface area contributed by atoms with Gasteiger partial charge in [0.15, 0.2) is 0 Å². The molecule has 29 heavy (non-hydrogen) atoms. The Hall–Kier alpha value is -2.35. The molecule has 0 saturated heterocycles. The molecule has 0 radical (unpaired) electrons. The normalized spacial score (nSPS) is 12.8. The molecule has 1 atom stereocenters. The first-order chi connectivity index (χ1) is 13.8. The van der Waals surface area contributed by atoms with E-state index in [2.05, 4.69) is 10.0 Å². The minimum absolute atomic E-state index is 0.230. The van der Waals surface area contributed by atoms with Crippen molar-refractivity contribution < 1.29 is 17.9 Å². The molecule has 0 aliphatic rings. The topological polar surface area (TPSA) is 84.5 Å². The zero-order valence-corrected chi connectivity index (χ0v) is 17.9. The number of hydrogen-bond acceptors (Lipinski definition) is 4. The second-order valence-electron chi connectivity index (χ2n) is 6.69. The van der Waals surface area contributed by atoms with Crippen LogP contribution >= 0.6 is 11.6 Å². The van der Waals surface area contributed by atoms with E-state index >= 15 is 0 Å². The maximum absolute atomic E-state index is 12.5. The molecule has 0 bridgehead atoms. The van der Waals surface area contributed by atoms with Crippen LogP contribution in [-0.2, 0) is 14.8 Å². The van der Waals surface area contributed by atoms with Gasteiger partial charge in [0.25, 0.3) is 0 Å². The van der Waals surface area contributed by atoms with Crippen molar-refractivity contribution in [2.24, 2.45) is 5.92 Å². The van der Waals surface area contributed by atoms with Gasteiger partial charge in [-0.2, -0.15) is 4.72 Å². The van der Waals surface area contributed by atoms with E-state index in [4.69, 9.17) is 16.3 Å². The first-order valence-corrected chi connectivity index (χ1v) is 11.1. The lowest BCUT2D eigenvalue weighted by atomic mass is 10.1. The minimum atomic E-state index is -3.78. The fraction of sp³-hybridized carbons (Fsp3) is 0.286. The molecule has 0 fully saturated rings. The van der Waals surface area contributed by atoms with E-state index in [0.717, 1.165) is 11.0 Å². The second-order valence-corrected chi connectivity index (χ2v) is 8.73. The van der Waals surface area contributed by atoms with Crippen LogP contribution in [0.25, 0.3) is 6.08 Å². The molecule has 2 N–H and O–H groups in total. The monoisotopic (exact) mass is 436 g/mol. The molecule has 0 saturated carbocycles. The van der Waals surface area contributed by atoms with Gasteiger partial charge in [0.05, 0.1) is 6.54 Å². The zero-order chi connectivity index (χ0) is 21.3. The molecule has 2 rings (SSSR count). The number of hydrogen-bond donors (Lipinski definition) is 2. The van der Waals surface area contributed by atoms with Gasteiger partial charge in [-0.1, -0.05) is 55.8 Å². The molecule has 0 aromatic heterocycles. The molecule has 2 aromatic rings. The van der Waals surface area contributed by atoms with Gasteiger partial charge >= 0.3 is 0 Å². The second kappa shape index (κ2) is 11.0. The highest BCUT2D eigenvalue weighted by Crippen LogP contribution is 2.15. The number of benzene rings is 2. The highest BCUT2D eigenvalue weighted by Gasteiger charge is 2.26. The molecule has 6 nitrogen and oxygen atoms in total. The van der Waals surface area contributed by atoms with Crippen LogP contribution in [0.4, 0.5) is 0 Å². The third kappa shape index (κ3) is 8.27. The predicted molar refractivity (Wildman–Crippen MR) is 116 cm³/mol. The van der Waals surface area contributed by atoms with Crippen LogP contribution in [0.5, 0.6) is 5.75 Å². The molecule has 0 spiro atoms. The van der Waals surface area contributed by atoms with Crippen LogP contribution in [-0.4, -0.2) is 33.5 Å². The lowest BCUT2D eigenvalue weighted by molar-refractivity contribution is -0.123. The highest BCUT2D eigenvalue weighted by atomic mass is 35.5. The Kier molecular flexibility index (Phi) is 8.70. The summed E-state index contributed by atoms with van der Waals surface area (Å²) in [5.41, 5.74) is 0.753. The van der Waals surface area contributed by atoms with Gasteiger partial charge < -0.3 is 10.1 Å². The summed E-state index contributed by atoms with van der Waals surface area (Å²) in [6.45, 7) is 4.04. The fourth-order valence-corrected chi connectivity index (χ4v) is 3.70. The summed E-state index contributed by atoms with van der Waals surface area (Å²) in [5, 5.41) is 4.38. The molecule has 0 heterocycles. The number of sulfonamides is 1. The zero-order valence-electron chi connectivity index (χ0n) is 16.3. The molecular formula is C21H25ClN2O4S. The van der Waals surface area contributed by atoms with Crippen LogP contribution in [0.15, 0.2) is 60.0 Å². The van der Waals surface area contributed by atoms with Crippen molar-refractivity contribution in [2.45, 2.75) is 19.9 Å². The van der Waals surface area contributed by atoms with E-state index in [-0.39, 0.29) is 19.1 Å². The smallest absolute Gasteiger partial charge is 0.238 e. The molecule has 1 unspecified atom stereocenters. The molecule has 0 aliphatic heterocycles. The Balaban J connectivity index is 1.87. The van der Waals surface area contributed by atoms with Crippen LogP contribution in [0, 0.1) is 5.92 Å². The minimum Gasteiger partial charge on any atom is -0.492 e. The maximum Gasteiger partial charge on any atom is 0.238 e. The molecular weight excluding hydrogens is 412 g/mol. The summed E-state index contributed by atoms with van der Waals surface area (Å²) in [6.07, 6.45) is 1.48. The van der Waals surface area contributed by atoms with Crippen molar-refractivity contribution in [3.05, 3.63) is 70.6 Å². The maximum atomic E-state index is 12.5. The van der Waals surface area contributed by atoms with Gasteiger partial charge in [-0.25, -0.2) is 8.42 Å². The number of amides is 1. The lowest BCUT2D eigenvalue weighted by Gasteiger charge is -2.20. The van der Waals surface area contributed by atoms with Gasteiger partial charge in [-0.3, -0.25) is 4.79 Å². The highest BCUT2D eigenvalue weighted by molar-refractivity contribution is 7.92. The van der Waals surface area contributed by atoms with Crippen molar-refractivity contribution in [1.29, 1.82) is 0 Å². The van der Waals surface area contributed by atoms with E-state index in [1.54, 1.807) is 50.2 Å². The van der Waals surface area contributed by atoms with Gasteiger partial charge in [-0.05, 0) is 41.8 Å². The SMILES string of the molecule is CC(C)C(NS(=O)(=O)/C=C/c1ccccc1)C(=O)NCCOc1ccc(Cl)cc1. The van der Waals surface area contributed by atoms with Crippen molar-refractivity contribution in [2.75, 3.05) is 13.2 Å². The van der Waals surface area contributed by atoms with Gasteiger partial charge in [0, 0.05) is 10.4 Å². The molecule has 2 aromatic carbocycles. The van der Waals surface area contributed by atoms with E-state index in [1.807, 2.05) is 18.2 Å². The summed E-state index contributed by atoms with van der Waals surface area (Å²) in [7, 11) is -3.78. The first kappa shape index (κ1) is 22.9. The van der Waals surface area contributed by atoms with E-state index < -0.39 is 22.0 Å². The summed E-state index contributed by atoms with van der Waals surface area (Å²) in [5.74, 6) is -0.000661. The Bertz CT molecular complexity index is 913. The van der Waals surface area contributed by atoms with Gasteiger partial charge in [0.1, 0.15) is 18.4 Å². The summed E-state index contributed by atoms with van der Waals surface area (Å²) >= 11 is 5.82. The number of carbonyl (C=O) groups is 1. The van der Waals surface area contributed by atoms with Gasteiger partial charge in [-0.15, -0.1) is 0 Å². The van der Waals surface area contributed by atoms with Crippen molar-refractivity contribution in [3.8, 4) is 5.75 Å². The first-order valence-electron chi connectivity index (χ1n) is 9.18. The Morgan fingerprint density at radius 3 is 2.38 bits per heavy atom. The van der Waals surface area contributed by atoms with E-state index in [0.29, 0.717) is 10.8 Å². The molecule has 8 heteroatoms. The fourth-order valence-electron chi connectivity index (χ4n) is 2.42. The number of ether oxygens (including phenoxy) is 1.